The molecule has 0 saturated carbocycles. The summed E-state index contributed by atoms with van der Waals surface area (Å²) in [6.45, 7) is 1.42. The summed E-state index contributed by atoms with van der Waals surface area (Å²) in [7, 11) is 0. The molecular weight excluding hydrogens is 370 g/mol. The van der Waals surface area contributed by atoms with Gasteiger partial charge in [0.2, 0.25) is 0 Å². The number of rotatable bonds is 14. The summed E-state index contributed by atoms with van der Waals surface area (Å²) in [6, 6.07) is 16.7. The van der Waals surface area contributed by atoms with Crippen LogP contribution in [0.25, 0.3) is 0 Å². The molecule has 6 nitrogen and oxygen atoms in total. The van der Waals surface area contributed by atoms with Gasteiger partial charge in [0.1, 0.15) is 0 Å². The normalized spacial score (nSPS) is 11.6. The van der Waals surface area contributed by atoms with Crippen molar-refractivity contribution < 1.29 is 24.5 Å². The Morgan fingerprint density at radius 2 is 1.31 bits per heavy atom. The van der Waals surface area contributed by atoms with Gasteiger partial charge in [-0.2, -0.15) is 0 Å². The second-order valence-corrected chi connectivity index (χ2v) is 7.10. The number of hydrogen-bond acceptors (Lipinski definition) is 6. The Labute approximate surface area is 172 Å². The molecule has 2 rings (SSSR count). The molecule has 0 saturated heterocycles. The quantitative estimate of drug-likeness (QED) is 0.330. The van der Waals surface area contributed by atoms with Gasteiger partial charge in [0, 0.05) is 29.9 Å². The molecule has 0 bridgehead atoms. The van der Waals surface area contributed by atoms with Gasteiger partial charge in [-0.05, 0) is 24.8 Å². The van der Waals surface area contributed by atoms with Crippen LogP contribution in [0, 0.1) is 0 Å². The van der Waals surface area contributed by atoms with Gasteiger partial charge in [0.05, 0.1) is 26.4 Å². The number of nitrogens with two attached hydrogens (primary N) is 1. The number of ether oxygens (including phenoxy) is 2. The van der Waals surface area contributed by atoms with E-state index in [0.29, 0.717) is 43.6 Å². The number of aliphatic hydroxyl groups excluding tert-OH is 2. The zero-order chi connectivity index (χ0) is 21.0. The molecule has 0 aliphatic heterocycles. The van der Waals surface area contributed by atoms with Gasteiger partial charge in [-0.3, -0.25) is 4.79 Å². The van der Waals surface area contributed by atoms with Crippen molar-refractivity contribution in [3.8, 4) is 0 Å². The lowest BCUT2D eigenvalue weighted by Gasteiger charge is -2.30. The second-order valence-electron chi connectivity index (χ2n) is 7.10. The van der Waals surface area contributed by atoms with Crippen molar-refractivity contribution in [2.75, 3.05) is 39.6 Å². The highest BCUT2D eigenvalue weighted by Crippen LogP contribution is 2.21. The van der Waals surface area contributed by atoms with Crippen LogP contribution in [0.4, 0.5) is 0 Å². The first-order valence-electron chi connectivity index (χ1n) is 9.93. The fourth-order valence-electron chi connectivity index (χ4n) is 3.12. The van der Waals surface area contributed by atoms with Crippen LogP contribution in [0.2, 0.25) is 0 Å². The second kappa shape index (κ2) is 12.5. The highest BCUT2D eigenvalue weighted by Gasteiger charge is 2.25. The lowest BCUT2D eigenvalue weighted by atomic mass is 9.85. The minimum atomic E-state index is -0.546. The zero-order valence-electron chi connectivity index (χ0n) is 16.8. The summed E-state index contributed by atoms with van der Waals surface area (Å²) in [5.41, 5.74) is 8.42. The van der Waals surface area contributed by atoms with E-state index < -0.39 is 5.54 Å². The fraction of sp³-hybridized carbons (Fsp3) is 0.435. The maximum atomic E-state index is 12.6. The van der Waals surface area contributed by atoms with Crippen molar-refractivity contribution >= 4 is 5.78 Å². The monoisotopic (exact) mass is 401 g/mol. The predicted octanol–water partition coefficient (Wildman–Crippen LogP) is 1.96. The highest BCUT2D eigenvalue weighted by atomic mass is 16.5. The molecule has 0 aromatic heterocycles. The minimum absolute atomic E-state index is 0.00836. The third-order valence-corrected chi connectivity index (χ3v) is 4.77. The molecule has 4 N–H and O–H groups in total. The van der Waals surface area contributed by atoms with Crippen LogP contribution in [0.15, 0.2) is 54.6 Å². The van der Waals surface area contributed by atoms with Crippen LogP contribution in [0.3, 0.4) is 0 Å². The standard InChI is InChI=1S/C23H31NO5/c24-23(10-14-28-16-12-25,11-15-29-17-13-26)18-19-6-8-21(9-7-19)22(27)20-4-2-1-3-5-20/h1-9,25-26H,10-18,24H2. The van der Waals surface area contributed by atoms with E-state index in [9.17, 15) is 4.79 Å². The SMILES string of the molecule is NC(CCOCCO)(CCOCCO)Cc1ccc(C(=O)c2ccccc2)cc1. The summed E-state index contributed by atoms with van der Waals surface area (Å²) < 4.78 is 10.8. The maximum absolute atomic E-state index is 12.6. The van der Waals surface area contributed by atoms with E-state index in [0.717, 1.165) is 5.56 Å². The van der Waals surface area contributed by atoms with Crippen molar-refractivity contribution in [1.29, 1.82) is 0 Å². The van der Waals surface area contributed by atoms with Crippen molar-refractivity contribution in [1.82, 2.24) is 0 Å². The highest BCUT2D eigenvalue weighted by molar-refractivity contribution is 6.08. The first kappa shape index (κ1) is 23.2. The smallest absolute Gasteiger partial charge is 0.193 e. The van der Waals surface area contributed by atoms with Gasteiger partial charge in [-0.1, -0.05) is 54.6 Å². The molecule has 158 valence electrons. The summed E-state index contributed by atoms with van der Waals surface area (Å²) in [5, 5.41) is 17.7. The molecule has 0 fully saturated rings. The molecule has 6 heteroatoms. The first-order chi connectivity index (χ1) is 14.1. The van der Waals surface area contributed by atoms with Crippen LogP contribution in [-0.2, 0) is 15.9 Å². The topological polar surface area (TPSA) is 102 Å². The molecule has 0 aliphatic carbocycles. The summed E-state index contributed by atoms with van der Waals surface area (Å²) in [6.07, 6.45) is 1.83. The van der Waals surface area contributed by atoms with Gasteiger partial charge in [0.15, 0.2) is 5.78 Å². The molecular formula is C23H31NO5. The third kappa shape index (κ3) is 8.04. The van der Waals surface area contributed by atoms with E-state index in [1.807, 2.05) is 42.5 Å². The van der Waals surface area contributed by atoms with Crippen LogP contribution in [0.5, 0.6) is 0 Å². The Morgan fingerprint density at radius 1 is 0.793 bits per heavy atom. The zero-order valence-corrected chi connectivity index (χ0v) is 16.8. The summed E-state index contributed by atoms with van der Waals surface area (Å²) in [4.78, 5) is 12.6. The average molecular weight is 402 g/mol. The molecule has 0 spiro atoms. The molecule has 0 heterocycles. The Hall–Kier alpha value is -2.09. The van der Waals surface area contributed by atoms with Gasteiger partial charge in [-0.15, -0.1) is 0 Å². The van der Waals surface area contributed by atoms with E-state index in [4.69, 9.17) is 25.4 Å². The van der Waals surface area contributed by atoms with Crippen LogP contribution >= 0.6 is 0 Å². The van der Waals surface area contributed by atoms with E-state index >= 15 is 0 Å². The van der Waals surface area contributed by atoms with E-state index in [1.54, 1.807) is 12.1 Å². The average Bonchev–Trinajstić information content (AvgIpc) is 2.75. The van der Waals surface area contributed by atoms with Crippen molar-refractivity contribution in [3.05, 3.63) is 71.3 Å². The number of benzene rings is 2. The molecule has 29 heavy (non-hydrogen) atoms. The summed E-state index contributed by atoms with van der Waals surface area (Å²) in [5.74, 6) is -0.00836. The minimum Gasteiger partial charge on any atom is -0.394 e. The number of ketones is 1. The molecule has 0 radical (unpaired) electrons. The van der Waals surface area contributed by atoms with E-state index in [-0.39, 0.29) is 32.2 Å². The fourth-order valence-corrected chi connectivity index (χ4v) is 3.12. The lowest BCUT2D eigenvalue weighted by molar-refractivity contribution is 0.0592. The molecule has 0 aliphatic rings. The van der Waals surface area contributed by atoms with Crippen LogP contribution in [0.1, 0.15) is 34.3 Å². The predicted molar refractivity (Wildman–Crippen MR) is 112 cm³/mol. The number of hydrogen-bond donors (Lipinski definition) is 3. The number of carbonyl (C=O) groups is 1. The van der Waals surface area contributed by atoms with E-state index in [1.165, 1.54) is 0 Å². The van der Waals surface area contributed by atoms with Crippen molar-refractivity contribution in [2.45, 2.75) is 24.8 Å². The largest absolute Gasteiger partial charge is 0.394 e. The Bertz CT molecular complexity index is 706. The van der Waals surface area contributed by atoms with Crippen LogP contribution in [-0.4, -0.2) is 61.2 Å². The summed E-state index contributed by atoms with van der Waals surface area (Å²) >= 11 is 0. The van der Waals surface area contributed by atoms with Gasteiger partial charge < -0.3 is 25.4 Å². The van der Waals surface area contributed by atoms with Crippen molar-refractivity contribution in [2.24, 2.45) is 5.73 Å². The lowest BCUT2D eigenvalue weighted by Crippen LogP contribution is -2.44. The van der Waals surface area contributed by atoms with Crippen LogP contribution < -0.4 is 5.73 Å². The molecule has 0 atom stereocenters. The van der Waals surface area contributed by atoms with Gasteiger partial charge >= 0.3 is 0 Å². The molecule has 0 amide bonds. The Kier molecular flexibility index (Phi) is 9.97. The van der Waals surface area contributed by atoms with Gasteiger partial charge in [0.25, 0.3) is 0 Å². The van der Waals surface area contributed by atoms with E-state index in [2.05, 4.69) is 0 Å². The molecule has 0 unspecified atom stereocenters. The Morgan fingerprint density at radius 3 is 1.83 bits per heavy atom. The first-order valence-corrected chi connectivity index (χ1v) is 9.93. The number of carbonyl (C=O) groups excluding carboxylic acids is 1. The molecule has 2 aromatic rings. The molecule has 2 aromatic carbocycles. The van der Waals surface area contributed by atoms with Crippen molar-refractivity contribution in [3.63, 3.8) is 0 Å². The van der Waals surface area contributed by atoms with Gasteiger partial charge in [-0.25, -0.2) is 0 Å². The number of aliphatic hydroxyl groups is 2. The Balaban J connectivity index is 2.01. The maximum Gasteiger partial charge on any atom is 0.193 e. The third-order valence-electron chi connectivity index (χ3n) is 4.77.